The summed E-state index contributed by atoms with van der Waals surface area (Å²) >= 11 is 0. The molecule has 4 amide bonds. The molecule has 5 atom stereocenters. The van der Waals surface area contributed by atoms with E-state index in [2.05, 4.69) is 15.7 Å². The van der Waals surface area contributed by atoms with E-state index in [9.17, 15) is 34.1 Å². The van der Waals surface area contributed by atoms with Crippen LogP contribution in [0.15, 0.2) is 35.9 Å². The minimum atomic E-state index is -1.11. The van der Waals surface area contributed by atoms with Crippen molar-refractivity contribution in [2.45, 2.75) is 84.8 Å². The van der Waals surface area contributed by atoms with Gasteiger partial charge in [0, 0.05) is 24.6 Å². The molecule has 0 aromatic heterocycles. The van der Waals surface area contributed by atoms with E-state index in [1.807, 2.05) is 29.3 Å². The Bertz CT molecular complexity index is 1400. The molecule has 0 bridgehead atoms. The fourth-order valence-corrected chi connectivity index (χ4v) is 6.55. The number of amides is 4. The van der Waals surface area contributed by atoms with Crippen molar-refractivity contribution < 1.29 is 33.6 Å². The van der Waals surface area contributed by atoms with Crippen LogP contribution in [0.2, 0.25) is 0 Å². The standard InChI is InChI=1S/C31H42N5O8P/c1-30(2,3)25(33-29(41)44-20-11-9-19(10-12-20)36(42)43)28(40)35-16-18-13-14-31(4,5)22(18)23(35)26(38)32-21(15-17-7-6-8-17)24(37)27(39)34-45/h9-13,17,21-23,25H,6-8,14-16,45H2,1-5H3,(H,32,38)(H,33,41)(H,34,39)/t21?,22-,23-,25+/m0/s1. The molecule has 1 aliphatic heterocycles. The third-order valence-electron chi connectivity index (χ3n) is 9.10. The lowest BCUT2D eigenvalue weighted by atomic mass is 9.75. The Hall–Kier alpha value is -3.86. The van der Waals surface area contributed by atoms with Crippen LogP contribution in [-0.4, -0.2) is 64.1 Å². The zero-order valence-corrected chi connectivity index (χ0v) is 27.4. The predicted molar refractivity (Wildman–Crippen MR) is 168 cm³/mol. The maximum Gasteiger partial charge on any atom is 0.413 e. The molecule has 0 radical (unpaired) electrons. The van der Waals surface area contributed by atoms with Crippen LogP contribution in [0.25, 0.3) is 0 Å². The number of Topliss-reactive ketones (excluding diaryl/α,β-unsaturated/α-hetero) is 1. The van der Waals surface area contributed by atoms with Crippen molar-refractivity contribution in [3.8, 4) is 5.75 Å². The first-order valence-electron chi connectivity index (χ1n) is 15.1. The number of nitrogens with one attached hydrogen (secondary N) is 3. The Balaban J connectivity index is 1.59. The molecule has 1 aromatic carbocycles. The monoisotopic (exact) mass is 643 g/mol. The summed E-state index contributed by atoms with van der Waals surface area (Å²) in [5.41, 5.74) is -0.415. The van der Waals surface area contributed by atoms with Gasteiger partial charge in [0.1, 0.15) is 17.8 Å². The van der Waals surface area contributed by atoms with Gasteiger partial charge in [0.2, 0.25) is 17.6 Å². The van der Waals surface area contributed by atoms with E-state index in [1.54, 1.807) is 20.8 Å². The molecule has 1 saturated carbocycles. The second-order valence-electron chi connectivity index (χ2n) is 13.9. The molecule has 1 aromatic rings. The summed E-state index contributed by atoms with van der Waals surface area (Å²) in [4.78, 5) is 78.5. The first-order chi connectivity index (χ1) is 21.0. The molecular formula is C31H42N5O8P. The van der Waals surface area contributed by atoms with Crippen LogP contribution >= 0.6 is 9.39 Å². The first kappa shape index (κ1) is 34.0. The smallest absolute Gasteiger partial charge is 0.410 e. The molecule has 14 heteroatoms. The molecule has 1 heterocycles. The average molecular weight is 644 g/mol. The Morgan fingerprint density at radius 1 is 1.11 bits per heavy atom. The van der Waals surface area contributed by atoms with E-state index < -0.39 is 58.1 Å². The second-order valence-corrected chi connectivity index (χ2v) is 14.2. The summed E-state index contributed by atoms with van der Waals surface area (Å²) in [6.45, 7) is 9.53. The number of fused-ring (bicyclic) bond motifs is 1. The average Bonchev–Trinajstić information content (AvgIpc) is 3.48. The largest absolute Gasteiger partial charge is 0.413 e. The van der Waals surface area contributed by atoms with Crippen LogP contribution in [0, 0.1) is 32.8 Å². The number of rotatable bonds is 10. The van der Waals surface area contributed by atoms with Gasteiger partial charge in [-0.2, -0.15) is 0 Å². The van der Waals surface area contributed by atoms with E-state index >= 15 is 0 Å². The highest BCUT2D eigenvalue weighted by molar-refractivity contribution is 7.15. The minimum Gasteiger partial charge on any atom is -0.410 e. The molecule has 244 valence electrons. The summed E-state index contributed by atoms with van der Waals surface area (Å²) in [6.07, 6.45) is 4.99. The molecule has 2 unspecified atom stereocenters. The number of non-ortho nitro benzene ring substituents is 1. The van der Waals surface area contributed by atoms with Gasteiger partial charge in [0.15, 0.2) is 0 Å². The van der Waals surface area contributed by atoms with Crippen molar-refractivity contribution in [2.75, 3.05) is 6.54 Å². The number of ether oxygens (including phenoxy) is 1. The van der Waals surface area contributed by atoms with Gasteiger partial charge < -0.3 is 25.4 Å². The molecule has 13 nitrogen and oxygen atoms in total. The van der Waals surface area contributed by atoms with Gasteiger partial charge in [-0.1, -0.05) is 60.0 Å². The number of nitro benzene ring substituents is 1. The number of benzene rings is 1. The molecule has 0 spiro atoms. The van der Waals surface area contributed by atoms with E-state index in [1.165, 1.54) is 29.2 Å². The zero-order chi connectivity index (χ0) is 33.3. The van der Waals surface area contributed by atoms with Gasteiger partial charge in [-0.25, -0.2) is 4.79 Å². The molecule has 1 saturated heterocycles. The third-order valence-corrected chi connectivity index (χ3v) is 9.36. The van der Waals surface area contributed by atoms with Gasteiger partial charge in [-0.3, -0.25) is 29.3 Å². The molecule has 2 aliphatic carbocycles. The predicted octanol–water partition coefficient (Wildman–Crippen LogP) is 3.43. The summed E-state index contributed by atoms with van der Waals surface area (Å²) in [5.74, 6) is -2.66. The maximum absolute atomic E-state index is 14.3. The van der Waals surface area contributed by atoms with Crippen LogP contribution in [0.5, 0.6) is 5.75 Å². The molecule has 45 heavy (non-hydrogen) atoms. The SMILES string of the molecule is CC(C)(C)[C@H](NC(=O)Oc1ccc([N+](=O)[O-])cc1)C(=O)N1CC2=CCC(C)(C)[C@@H]2[C@H]1C(=O)NC(CC1CCC1)C(=O)C(=O)NP. The maximum atomic E-state index is 14.3. The van der Waals surface area contributed by atoms with Gasteiger partial charge in [-0.15, -0.1) is 0 Å². The Morgan fingerprint density at radius 2 is 1.76 bits per heavy atom. The number of hydrogen-bond donors (Lipinski definition) is 3. The fourth-order valence-electron chi connectivity index (χ4n) is 6.41. The summed E-state index contributed by atoms with van der Waals surface area (Å²) in [6, 6.07) is 1.82. The zero-order valence-electron chi connectivity index (χ0n) is 26.3. The number of allylic oxidation sites excluding steroid dienone is 1. The van der Waals surface area contributed by atoms with Gasteiger partial charge in [-0.05, 0) is 56.7 Å². The quantitative estimate of drug-likeness (QED) is 0.114. The van der Waals surface area contributed by atoms with E-state index in [0.717, 1.165) is 24.8 Å². The highest BCUT2D eigenvalue weighted by atomic mass is 31.0. The number of hydrogen-bond acceptors (Lipinski definition) is 8. The van der Waals surface area contributed by atoms with Crippen molar-refractivity contribution in [3.63, 3.8) is 0 Å². The highest BCUT2D eigenvalue weighted by Crippen LogP contribution is 2.50. The van der Waals surface area contributed by atoms with E-state index in [4.69, 9.17) is 4.74 Å². The minimum absolute atomic E-state index is 0.0507. The van der Waals surface area contributed by atoms with Gasteiger partial charge >= 0.3 is 6.09 Å². The number of nitro groups is 1. The van der Waals surface area contributed by atoms with E-state index in [0.29, 0.717) is 12.8 Å². The summed E-state index contributed by atoms with van der Waals surface area (Å²) in [5, 5.41) is 18.7. The third kappa shape index (κ3) is 7.52. The lowest BCUT2D eigenvalue weighted by molar-refractivity contribution is -0.384. The molecule has 4 rings (SSSR count). The van der Waals surface area contributed by atoms with Crippen molar-refractivity contribution in [1.29, 1.82) is 0 Å². The number of nitrogens with zero attached hydrogens (tertiary/aromatic N) is 2. The van der Waals surface area contributed by atoms with Crippen molar-refractivity contribution >= 4 is 44.7 Å². The Labute approximate surface area is 264 Å². The number of likely N-dealkylation sites (tertiary alicyclic amines) is 1. The van der Waals surface area contributed by atoms with Gasteiger partial charge in [0.05, 0.1) is 11.0 Å². The Morgan fingerprint density at radius 3 is 2.29 bits per heavy atom. The van der Waals surface area contributed by atoms with Crippen molar-refractivity contribution in [2.24, 2.45) is 22.7 Å². The van der Waals surface area contributed by atoms with Crippen LogP contribution in [0.3, 0.4) is 0 Å². The van der Waals surface area contributed by atoms with E-state index in [-0.39, 0.29) is 35.2 Å². The molecular weight excluding hydrogens is 601 g/mol. The number of carbonyl (C=O) groups excluding carboxylic acids is 5. The van der Waals surface area contributed by atoms with Gasteiger partial charge in [0.25, 0.3) is 11.6 Å². The fraction of sp³-hybridized carbons (Fsp3) is 0.581. The molecule has 2 fully saturated rings. The lowest BCUT2D eigenvalue weighted by Gasteiger charge is -2.38. The molecule has 3 aliphatic rings. The second kappa shape index (κ2) is 13.2. The summed E-state index contributed by atoms with van der Waals surface area (Å²) in [7, 11) is 2.01. The highest BCUT2D eigenvalue weighted by Gasteiger charge is 2.55. The number of carbonyl (C=O) groups is 5. The van der Waals surface area contributed by atoms with Crippen LogP contribution in [0.4, 0.5) is 10.5 Å². The van der Waals surface area contributed by atoms with Crippen LogP contribution < -0.4 is 20.5 Å². The Kier molecular flexibility index (Phi) is 10.0. The lowest BCUT2D eigenvalue weighted by Crippen LogP contribution is -2.61. The van der Waals surface area contributed by atoms with Crippen molar-refractivity contribution in [1.82, 2.24) is 20.6 Å². The number of ketones is 1. The normalized spacial score (nSPS) is 21.8. The van der Waals surface area contributed by atoms with Crippen molar-refractivity contribution in [3.05, 3.63) is 46.0 Å². The topological polar surface area (TPSA) is 177 Å². The summed E-state index contributed by atoms with van der Waals surface area (Å²) < 4.78 is 5.32. The first-order valence-corrected chi connectivity index (χ1v) is 15.7. The van der Waals surface area contributed by atoms with Crippen LogP contribution in [-0.2, 0) is 19.2 Å². The molecule has 3 N–H and O–H groups in total. The van der Waals surface area contributed by atoms with Crippen LogP contribution in [0.1, 0.15) is 66.7 Å².